The summed E-state index contributed by atoms with van der Waals surface area (Å²) in [7, 11) is -1.39. The second-order valence-electron chi connectivity index (χ2n) is 8.04. The number of nitrogens with zero attached hydrogens (tertiary/aromatic N) is 3. The van der Waals surface area contributed by atoms with Gasteiger partial charge in [0.05, 0.1) is 11.3 Å². The molecule has 3 heterocycles. The normalized spacial score (nSPS) is 14.1. The largest absolute Gasteiger partial charge is 0.436 e. The van der Waals surface area contributed by atoms with Gasteiger partial charge in [-0.25, -0.2) is 23.4 Å². The fourth-order valence-electron chi connectivity index (χ4n) is 3.63. The van der Waals surface area contributed by atoms with Crippen molar-refractivity contribution in [3.05, 3.63) is 42.2 Å². The molecule has 0 bridgehead atoms. The maximum atomic E-state index is 12.2. The minimum absolute atomic E-state index is 0.0263. The average Bonchev–Trinajstić information content (AvgIpc) is 3.51. The maximum Gasteiger partial charge on any atom is 0.229 e. The first-order valence-corrected chi connectivity index (χ1v) is 12.2. The second-order valence-corrected chi connectivity index (χ2v) is 10.2. The third-order valence-corrected chi connectivity index (χ3v) is 6.18. The molecule has 0 atom stereocenters. The third-order valence-electron chi connectivity index (χ3n) is 5.32. The molecule has 0 saturated heterocycles. The molecule has 10 heteroatoms. The van der Waals surface area contributed by atoms with Gasteiger partial charge in [0.15, 0.2) is 15.4 Å². The van der Waals surface area contributed by atoms with Crippen molar-refractivity contribution in [3.63, 3.8) is 0 Å². The van der Waals surface area contributed by atoms with E-state index in [0.29, 0.717) is 39.8 Å². The molecule has 0 radical (unpaired) electrons. The molecule has 4 aromatic rings. The van der Waals surface area contributed by atoms with Crippen LogP contribution in [-0.4, -0.2) is 42.6 Å². The Bertz CT molecular complexity index is 1470. The lowest BCUT2D eigenvalue weighted by Gasteiger charge is -2.10. The van der Waals surface area contributed by atoms with E-state index in [9.17, 15) is 13.2 Å². The van der Waals surface area contributed by atoms with Crippen LogP contribution in [0.5, 0.6) is 0 Å². The number of fused-ring (bicyclic) bond motifs is 2. The molecule has 0 spiro atoms. The van der Waals surface area contributed by atoms with E-state index in [-0.39, 0.29) is 17.6 Å². The topological polar surface area (TPSA) is 127 Å². The van der Waals surface area contributed by atoms with E-state index in [1.807, 2.05) is 0 Å². The highest BCUT2D eigenvalue weighted by molar-refractivity contribution is 7.89. The Morgan fingerprint density at radius 3 is 2.69 bits per heavy atom. The summed E-state index contributed by atoms with van der Waals surface area (Å²) in [6.07, 6.45) is 6.32. The number of aromatic nitrogens is 3. The van der Waals surface area contributed by atoms with Crippen LogP contribution in [0, 0.1) is 5.92 Å². The summed E-state index contributed by atoms with van der Waals surface area (Å²) in [5.74, 6) is 1.42. The molecule has 1 saturated carbocycles. The number of hydrogen-bond acceptors (Lipinski definition) is 8. The maximum absolute atomic E-state index is 12.2. The summed E-state index contributed by atoms with van der Waals surface area (Å²) < 4.78 is 29.2. The number of anilines is 2. The highest BCUT2D eigenvalue weighted by Crippen LogP contribution is 2.35. The summed E-state index contributed by atoms with van der Waals surface area (Å²) >= 11 is 0. The molecule has 1 aliphatic carbocycles. The number of hydrogen-bond donors (Lipinski definition) is 2. The van der Waals surface area contributed by atoms with Gasteiger partial charge in [-0.1, -0.05) is 6.07 Å². The van der Waals surface area contributed by atoms with Crippen LogP contribution in [0.4, 0.5) is 11.6 Å². The van der Waals surface area contributed by atoms with E-state index in [0.717, 1.165) is 23.6 Å². The molecule has 9 nitrogen and oxygen atoms in total. The lowest BCUT2D eigenvalue weighted by Crippen LogP contribution is -2.14. The smallest absolute Gasteiger partial charge is 0.229 e. The summed E-state index contributed by atoms with van der Waals surface area (Å²) in [5, 5.41) is 7.45. The highest BCUT2D eigenvalue weighted by Gasteiger charge is 2.30. The van der Waals surface area contributed by atoms with Crippen molar-refractivity contribution >= 4 is 49.3 Å². The number of sulfone groups is 1. The molecule has 1 amide bonds. The van der Waals surface area contributed by atoms with Crippen LogP contribution in [0.3, 0.4) is 0 Å². The zero-order valence-electron chi connectivity index (χ0n) is 17.5. The molecule has 2 N–H and O–H groups in total. The zero-order chi connectivity index (χ0) is 22.5. The molecular formula is C22H21N5O4S. The van der Waals surface area contributed by atoms with Gasteiger partial charge in [0, 0.05) is 42.4 Å². The van der Waals surface area contributed by atoms with Crippen LogP contribution in [0.2, 0.25) is 0 Å². The molecular weight excluding hydrogens is 430 g/mol. The number of amides is 1. The van der Waals surface area contributed by atoms with Crippen LogP contribution in [0.25, 0.3) is 33.3 Å². The lowest BCUT2D eigenvalue weighted by molar-refractivity contribution is -0.117. The van der Waals surface area contributed by atoms with Gasteiger partial charge < -0.3 is 15.1 Å². The molecule has 1 aromatic carbocycles. The lowest BCUT2D eigenvalue weighted by atomic mass is 10.1. The van der Waals surface area contributed by atoms with Crippen molar-refractivity contribution < 1.29 is 17.6 Å². The van der Waals surface area contributed by atoms with Crippen LogP contribution in [0.15, 0.2) is 41.1 Å². The van der Waals surface area contributed by atoms with Gasteiger partial charge in [0.1, 0.15) is 17.2 Å². The Balaban J connectivity index is 1.60. The van der Waals surface area contributed by atoms with Crippen molar-refractivity contribution in [2.75, 3.05) is 23.9 Å². The van der Waals surface area contributed by atoms with Crippen molar-refractivity contribution in [2.45, 2.75) is 18.6 Å². The average molecular weight is 452 g/mol. The molecule has 0 unspecified atom stereocenters. The third kappa shape index (κ3) is 4.01. The predicted octanol–water partition coefficient (Wildman–Crippen LogP) is 3.37. The summed E-state index contributed by atoms with van der Waals surface area (Å²) in [6, 6.07) is 6.93. The van der Waals surface area contributed by atoms with Crippen LogP contribution in [0.1, 0.15) is 18.4 Å². The summed E-state index contributed by atoms with van der Waals surface area (Å²) in [5.41, 5.74) is 2.38. The Morgan fingerprint density at radius 1 is 1.16 bits per heavy atom. The minimum atomic E-state index is -3.16. The monoisotopic (exact) mass is 451 g/mol. The first-order valence-electron chi connectivity index (χ1n) is 10.2. The van der Waals surface area contributed by atoms with Gasteiger partial charge >= 0.3 is 0 Å². The SMILES string of the molecule is CNc1ncc(-c2nc3cc(CS(C)(=O)=O)ccc3o2)c2cc(NC(=O)C3CC3)ncc12. The fourth-order valence-corrected chi connectivity index (χ4v) is 4.41. The number of benzene rings is 1. The quantitative estimate of drug-likeness (QED) is 0.457. The highest BCUT2D eigenvalue weighted by atomic mass is 32.2. The van der Waals surface area contributed by atoms with Crippen molar-refractivity contribution in [1.29, 1.82) is 0 Å². The molecule has 164 valence electrons. The predicted molar refractivity (Wildman–Crippen MR) is 122 cm³/mol. The number of pyridine rings is 2. The summed E-state index contributed by atoms with van der Waals surface area (Å²) in [4.78, 5) is 25.6. The second kappa shape index (κ2) is 7.56. The molecule has 1 aliphatic rings. The van der Waals surface area contributed by atoms with E-state index in [4.69, 9.17) is 4.42 Å². The molecule has 32 heavy (non-hydrogen) atoms. The molecule has 5 rings (SSSR count). The molecule has 3 aromatic heterocycles. The number of oxazole rings is 1. The minimum Gasteiger partial charge on any atom is -0.436 e. The van der Waals surface area contributed by atoms with E-state index < -0.39 is 9.84 Å². The van der Waals surface area contributed by atoms with Gasteiger partial charge in [-0.2, -0.15) is 0 Å². The van der Waals surface area contributed by atoms with E-state index >= 15 is 0 Å². The first-order chi connectivity index (χ1) is 15.3. The summed E-state index contributed by atoms with van der Waals surface area (Å²) in [6.45, 7) is 0. The Kier molecular flexibility index (Phi) is 4.81. The standard InChI is InChI=1S/C22H21N5O4S/c1-23-20-15-9-24-19(27-21(28)13-4-5-13)8-14(15)16(10-25-20)22-26-17-7-12(11-32(2,29)30)3-6-18(17)31-22/h3,6-10,13H,4-5,11H2,1-2H3,(H,23,25)(H,24,27,28). The van der Waals surface area contributed by atoms with Gasteiger partial charge in [0.25, 0.3) is 0 Å². The number of carbonyl (C=O) groups is 1. The van der Waals surface area contributed by atoms with Crippen molar-refractivity contribution in [2.24, 2.45) is 5.92 Å². The fraction of sp³-hybridized carbons (Fsp3) is 0.273. The molecule has 1 fully saturated rings. The van der Waals surface area contributed by atoms with Crippen molar-refractivity contribution in [3.8, 4) is 11.5 Å². The van der Waals surface area contributed by atoms with Crippen LogP contribution >= 0.6 is 0 Å². The Labute approximate surface area is 184 Å². The Morgan fingerprint density at radius 2 is 1.97 bits per heavy atom. The van der Waals surface area contributed by atoms with Gasteiger partial charge in [-0.3, -0.25) is 4.79 Å². The number of rotatable bonds is 6. The Hall–Kier alpha value is -3.53. The number of carbonyl (C=O) groups excluding carboxylic acids is 1. The van der Waals surface area contributed by atoms with E-state index in [1.165, 1.54) is 6.26 Å². The first kappa shape index (κ1) is 20.4. The van der Waals surface area contributed by atoms with Crippen LogP contribution in [-0.2, 0) is 20.4 Å². The zero-order valence-corrected chi connectivity index (χ0v) is 18.4. The van der Waals surface area contributed by atoms with Crippen LogP contribution < -0.4 is 10.6 Å². The van der Waals surface area contributed by atoms with E-state index in [2.05, 4.69) is 25.6 Å². The van der Waals surface area contributed by atoms with Gasteiger partial charge in [-0.15, -0.1) is 0 Å². The van der Waals surface area contributed by atoms with Gasteiger partial charge in [-0.05, 0) is 36.6 Å². The van der Waals surface area contributed by atoms with Gasteiger partial charge in [0.2, 0.25) is 11.8 Å². The van der Waals surface area contributed by atoms with E-state index in [1.54, 1.807) is 43.7 Å². The van der Waals surface area contributed by atoms with Crippen molar-refractivity contribution in [1.82, 2.24) is 15.0 Å². The number of nitrogens with one attached hydrogen (secondary N) is 2. The molecule has 0 aliphatic heterocycles.